The number of H-pyrrole nitrogens is 1. The number of fused-ring (bicyclic) bond motifs is 2. The fourth-order valence-electron chi connectivity index (χ4n) is 3.23. The van der Waals surface area contributed by atoms with Gasteiger partial charge in [0.25, 0.3) is 5.91 Å². The van der Waals surface area contributed by atoms with Crippen molar-refractivity contribution in [3.63, 3.8) is 0 Å². The zero-order valence-corrected chi connectivity index (χ0v) is 13.2. The maximum atomic E-state index is 12.6. The molecule has 0 radical (unpaired) electrons. The van der Waals surface area contributed by atoms with E-state index < -0.39 is 0 Å². The highest BCUT2D eigenvalue weighted by atomic mass is 16.6. The molecule has 0 aliphatic heterocycles. The number of carbonyl (C=O) groups is 2. The normalized spacial score (nSPS) is 14.0. The molecule has 24 heavy (non-hydrogen) atoms. The molecule has 2 aromatic heterocycles. The van der Waals surface area contributed by atoms with Gasteiger partial charge in [-0.1, -0.05) is 6.07 Å². The molecule has 0 fully saturated rings. The van der Waals surface area contributed by atoms with Crippen LogP contribution in [0.15, 0.2) is 22.8 Å². The quantitative estimate of drug-likeness (QED) is 0.770. The Labute approximate surface area is 137 Å². The van der Waals surface area contributed by atoms with Gasteiger partial charge in [-0.2, -0.15) is 0 Å². The van der Waals surface area contributed by atoms with E-state index in [0.717, 1.165) is 29.8 Å². The minimum atomic E-state index is -0.237. The SMILES string of the molecule is Cc1[nH]c2c(c1C(=O)NCc1ccc3nonc3c1)C(=O)CCC2. The summed E-state index contributed by atoms with van der Waals surface area (Å²) in [5.74, 6) is -0.195. The molecule has 122 valence electrons. The van der Waals surface area contributed by atoms with Crippen molar-refractivity contribution in [2.24, 2.45) is 0 Å². The van der Waals surface area contributed by atoms with Gasteiger partial charge in [0, 0.05) is 24.4 Å². The second-order valence-electron chi connectivity index (χ2n) is 6.03. The molecule has 2 heterocycles. The first-order valence-corrected chi connectivity index (χ1v) is 7.87. The van der Waals surface area contributed by atoms with Crippen molar-refractivity contribution < 1.29 is 14.2 Å². The lowest BCUT2D eigenvalue weighted by atomic mass is 9.93. The van der Waals surface area contributed by atoms with Crippen molar-refractivity contribution >= 4 is 22.7 Å². The minimum Gasteiger partial charge on any atom is -0.361 e. The van der Waals surface area contributed by atoms with Crippen LogP contribution in [0.4, 0.5) is 0 Å². The Balaban J connectivity index is 1.56. The van der Waals surface area contributed by atoms with Crippen molar-refractivity contribution in [3.05, 3.63) is 46.3 Å². The van der Waals surface area contributed by atoms with E-state index >= 15 is 0 Å². The van der Waals surface area contributed by atoms with Crippen LogP contribution in [0.25, 0.3) is 11.0 Å². The van der Waals surface area contributed by atoms with Crippen molar-refractivity contribution in [1.82, 2.24) is 20.6 Å². The minimum absolute atomic E-state index is 0.0424. The zero-order valence-electron chi connectivity index (χ0n) is 13.2. The smallest absolute Gasteiger partial charge is 0.254 e. The number of ketones is 1. The van der Waals surface area contributed by atoms with Gasteiger partial charge in [-0.3, -0.25) is 9.59 Å². The average molecular weight is 324 g/mol. The Morgan fingerprint density at radius 2 is 2.12 bits per heavy atom. The van der Waals surface area contributed by atoms with E-state index in [4.69, 9.17) is 0 Å². The fraction of sp³-hybridized carbons (Fsp3) is 0.294. The fourth-order valence-corrected chi connectivity index (χ4v) is 3.23. The van der Waals surface area contributed by atoms with E-state index in [1.807, 2.05) is 19.1 Å². The Morgan fingerprint density at radius 1 is 1.29 bits per heavy atom. The van der Waals surface area contributed by atoms with Crippen LogP contribution in [0.2, 0.25) is 0 Å². The van der Waals surface area contributed by atoms with Gasteiger partial charge in [-0.25, -0.2) is 4.63 Å². The third kappa shape index (κ3) is 2.38. The van der Waals surface area contributed by atoms with Gasteiger partial charge in [0.15, 0.2) is 5.78 Å². The zero-order chi connectivity index (χ0) is 16.7. The molecular formula is C17H16N4O3. The Morgan fingerprint density at radius 3 is 3.00 bits per heavy atom. The number of hydrogen-bond acceptors (Lipinski definition) is 5. The monoisotopic (exact) mass is 324 g/mol. The van der Waals surface area contributed by atoms with Crippen LogP contribution in [-0.4, -0.2) is 27.0 Å². The third-order valence-electron chi connectivity index (χ3n) is 4.37. The maximum Gasteiger partial charge on any atom is 0.254 e. The van der Waals surface area contributed by atoms with Crippen LogP contribution in [0.3, 0.4) is 0 Å². The number of aryl methyl sites for hydroxylation is 2. The van der Waals surface area contributed by atoms with Gasteiger partial charge in [0.2, 0.25) is 0 Å². The standard InChI is InChI=1S/C17H16N4O3/c1-9-15(16-12(19-9)3-2-4-14(16)22)17(23)18-8-10-5-6-11-13(7-10)21-24-20-11/h5-7,19H,2-4,8H2,1H3,(H,18,23). The second kappa shape index (κ2) is 5.59. The maximum absolute atomic E-state index is 12.6. The number of Topliss-reactive ketones (excluding diaryl/α,β-unsaturated/α-hetero) is 1. The first-order chi connectivity index (χ1) is 11.6. The molecule has 0 atom stereocenters. The number of carbonyl (C=O) groups excluding carboxylic acids is 2. The van der Waals surface area contributed by atoms with Crippen molar-refractivity contribution in [1.29, 1.82) is 0 Å². The lowest BCUT2D eigenvalue weighted by molar-refractivity contribution is 0.0926. The van der Waals surface area contributed by atoms with Crippen molar-refractivity contribution in [2.45, 2.75) is 32.7 Å². The average Bonchev–Trinajstić information content (AvgIpc) is 3.16. The topological polar surface area (TPSA) is 101 Å². The van der Waals surface area contributed by atoms with E-state index in [0.29, 0.717) is 35.1 Å². The molecule has 4 rings (SSSR count). The number of benzene rings is 1. The lowest BCUT2D eigenvalue weighted by Gasteiger charge is -2.12. The molecule has 3 aromatic rings. The van der Waals surface area contributed by atoms with Gasteiger partial charge in [-0.05, 0) is 47.8 Å². The molecule has 0 saturated heterocycles. The van der Waals surface area contributed by atoms with Crippen LogP contribution >= 0.6 is 0 Å². The van der Waals surface area contributed by atoms with Gasteiger partial charge in [-0.15, -0.1) is 0 Å². The first kappa shape index (κ1) is 14.6. The molecular weight excluding hydrogens is 308 g/mol. The van der Waals surface area contributed by atoms with Crippen LogP contribution in [-0.2, 0) is 13.0 Å². The van der Waals surface area contributed by atoms with Gasteiger partial charge >= 0.3 is 0 Å². The Hall–Kier alpha value is -2.96. The molecule has 0 unspecified atom stereocenters. The van der Waals surface area contributed by atoms with E-state index in [1.54, 1.807) is 6.07 Å². The van der Waals surface area contributed by atoms with Crippen molar-refractivity contribution in [2.75, 3.05) is 0 Å². The highest BCUT2D eigenvalue weighted by Gasteiger charge is 2.28. The van der Waals surface area contributed by atoms with E-state index in [9.17, 15) is 9.59 Å². The molecule has 1 aliphatic rings. The highest BCUT2D eigenvalue weighted by Crippen LogP contribution is 2.26. The Bertz CT molecular complexity index is 954. The molecule has 1 amide bonds. The van der Waals surface area contributed by atoms with Gasteiger partial charge in [0.05, 0.1) is 11.1 Å². The lowest BCUT2D eigenvalue weighted by Crippen LogP contribution is -2.25. The van der Waals surface area contributed by atoms with E-state index in [1.165, 1.54) is 0 Å². The van der Waals surface area contributed by atoms with Gasteiger partial charge in [0.1, 0.15) is 11.0 Å². The summed E-state index contributed by atoms with van der Waals surface area (Å²) in [6.45, 7) is 2.17. The number of aromatic amines is 1. The Kier molecular flexibility index (Phi) is 3.41. The van der Waals surface area contributed by atoms with E-state index in [-0.39, 0.29) is 11.7 Å². The summed E-state index contributed by atoms with van der Waals surface area (Å²) < 4.78 is 4.67. The molecule has 0 bridgehead atoms. The molecule has 1 aromatic carbocycles. The number of amides is 1. The number of nitrogens with zero attached hydrogens (tertiary/aromatic N) is 2. The number of aromatic nitrogens is 3. The summed E-state index contributed by atoms with van der Waals surface area (Å²) in [6, 6.07) is 5.47. The number of hydrogen-bond donors (Lipinski definition) is 2. The largest absolute Gasteiger partial charge is 0.361 e. The van der Waals surface area contributed by atoms with Crippen LogP contribution in [0, 0.1) is 6.92 Å². The second-order valence-corrected chi connectivity index (χ2v) is 6.03. The highest BCUT2D eigenvalue weighted by molar-refractivity contribution is 6.10. The molecule has 0 saturated carbocycles. The molecule has 0 spiro atoms. The molecule has 7 nitrogen and oxygen atoms in total. The summed E-state index contributed by atoms with van der Waals surface area (Å²) in [5.41, 5.74) is 4.86. The van der Waals surface area contributed by atoms with Crippen molar-refractivity contribution in [3.8, 4) is 0 Å². The molecule has 1 aliphatic carbocycles. The van der Waals surface area contributed by atoms with Crippen LogP contribution in [0.1, 0.15) is 50.5 Å². The summed E-state index contributed by atoms with van der Waals surface area (Å²) >= 11 is 0. The molecule has 2 N–H and O–H groups in total. The van der Waals surface area contributed by atoms with Crippen LogP contribution < -0.4 is 5.32 Å². The third-order valence-corrected chi connectivity index (χ3v) is 4.37. The first-order valence-electron chi connectivity index (χ1n) is 7.87. The summed E-state index contributed by atoms with van der Waals surface area (Å²) in [4.78, 5) is 28.0. The summed E-state index contributed by atoms with van der Waals surface area (Å²) in [6.07, 6.45) is 2.14. The summed E-state index contributed by atoms with van der Waals surface area (Å²) in [5, 5.41) is 10.4. The summed E-state index contributed by atoms with van der Waals surface area (Å²) in [7, 11) is 0. The predicted octanol–water partition coefficient (Wildman–Crippen LogP) is 2.31. The van der Waals surface area contributed by atoms with Crippen LogP contribution in [0.5, 0.6) is 0 Å². The number of rotatable bonds is 3. The molecule has 7 heteroatoms. The predicted molar refractivity (Wildman–Crippen MR) is 85.8 cm³/mol. The number of nitrogens with one attached hydrogen (secondary N) is 2. The van der Waals surface area contributed by atoms with E-state index in [2.05, 4.69) is 25.2 Å². The van der Waals surface area contributed by atoms with Gasteiger partial charge < -0.3 is 10.3 Å².